The highest BCUT2D eigenvalue weighted by molar-refractivity contribution is 6.06. The van der Waals surface area contributed by atoms with Crippen molar-refractivity contribution in [1.82, 2.24) is 20.3 Å². The van der Waals surface area contributed by atoms with Crippen LogP contribution in [0.15, 0.2) is 52.7 Å². The Balaban J connectivity index is 1.31. The van der Waals surface area contributed by atoms with Gasteiger partial charge in [-0.3, -0.25) is 9.69 Å². The summed E-state index contributed by atoms with van der Waals surface area (Å²) in [4.78, 5) is 28.2. The van der Waals surface area contributed by atoms with E-state index in [2.05, 4.69) is 21.4 Å². The van der Waals surface area contributed by atoms with Crippen molar-refractivity contribution in [3.8, 4) is 11.5 Å². The van der Waals surface area contributed by atoms with Crippen LogP contribution in [0.5, 0.6) is 11.5 Å². The number of aromatic nitrogens is 1. The molecule has 0 saturated carbocycles. The molecule has 10 nitrogen and oxygen atoms in total. The molecule has 2 fully saturated rings. The number of methoxy groups -OCH3 is 2. The molecule has 2 amide bonds. The molecule has 2 N–H and O–H groups in total. The molecule has 2 aliphatic heterocycles. The van der Waals surface area contributed by atoms with Gasteiger partial charge in [-0.2, -0.15) is 0 Å². The van der Waals surface area contributed by atoms with Gasteiger partial charge in [-0.15, -0.1) is 0 Å². The molecule has 6 rings (SSSR count). The molecule has 0 spiro atoms. The Bertz CT molecular complexity index is 1670. The molecule has 1 atom stereocenters. The molecule has 3 aliphatic rings. The Labute approximate surface area is 273 Å². The number of fused-ring (bicyclic) bond motifs is 1. The van der Waals surface area contributed by atoms with Crippen molar-refractivity contribution in [1.29, 1.82) is 0 Å². The van der Waals surface area contributed by atoms with E-state index in [1.807, 2.05) is 19.1 Å². The van der Waals surface area contributed by atoms with E-state index in [-0.39, 0.29) is 36.8 Å². The number of nitrogens with one attached hydrogen (secondary N) is 1. The van der Waals surface area contributed by atoms with Gasteiger partial charge in [0.2, 0.25) is 5.91 Å². The highest BCUT2D eigenvalue weighted by Crippen LogP contribution is 2.46. The van der Waals surface area contributed by atoms with Gasteiger partial charge in [0, 0.05) is 37.8 Å². The minimum Gasteiger partial charge on any atom is -0.496 e. The summed E-state index contributed by atoms with van der Waals surface area (Å²) >= 11 is 0. The number of rotatable bonds is 9. The van der Waals surface area contributed by atoms with E-state index in [1.165, 1.54) is 23.2 Å². The number of hydrogen-bond donors (Lipinski definition) is 2. The average Bonchev–Trinajstić information content (AvgIpc) is 3.68. The van der Waals surface area contributed by atoms with E-state index in [4.69, 9.17) is 14.0 Å². The zero-order valence-corrected chi connectivity index (χ0v) is 27.1. The lowest BCUT2D eigenvalue weighted by Crippen LogP contribution is -2.49. The van der Waals surface area contributed by atoms with Gasteiger partial charge in [0.1, 0.15) is 23.1 Å². The average molecular weight is 645 g/mol. The third-order valence-electron chi connectivity index (χ3n) is 9.70. The third-order valence-corrected chi connectivity index (χ3v) is 9.70. The summed E-state index contributed by atoms with van der Waals surface area (Å²) in [5, 5.41) is 16.0. The number of benzene rings is 2. The number of carbonyl (C=O) groups is 2. The number of carboxylic acid groups (broad SMARTS) is 1. The summed E-state index contributed by atoms with van der Waals surface area (Å²) in [6.45, 7) is 4.24. The van der Waals surface area contributed by atoms with Crippen LogP contribution in [0.2, 0.25) is 0 Å². The Morgan fingerprint density at radius 1 is 1.04 bits per heavy atom. The predicted octanol–water partition coefficient (Wildman–Crippen LogP) is 6.19. The van der Waals surface area contributed by atoms with Crippen molar-refractivity contribution in [2.75, 3.05) is 40.4 Å². The molecule has 3 aromatic rings. The monoisotopic (exact) mass is 644 g/mol. The molecule has 1 unspecified atom stereocenters. The molecule has 248 valence electrons. The van der Waals surface area contributed by atoms with E-state index < -0.39 is 6.09 Å². The second-order valence-electron chi connectivity index (χ2n) is 12.4. The van der Waals surface area contributed by atoms with Crippen LogP contribution < -0.4 is 14.8 Å². The number of amides is 2. The lowest BCUT2D eigenvalue weighted by atomic mass is 9.89. The van der Waals surface area contributed by atoms with Crippen LogP contribution in [0, 0.1) is 5.82 Å². The van der Waals surface area contributed by atoms with Crippen LogP contribution >= 0.6 is 0 Å². The van der Waals surface area contributed by atoms with E-state index in [9.17, 15) is 19.1 Å². The standard InChI is InChI=1S/C36H41FN4O6/c1-22-28(27-8-7-24(37)19-29(27)30(22)21-38-34(42)20-26-9-12-39-47-26)16-23-17-32(45-2)35(33(18-23)46-3)31-6-4-5-13-41(31)25-10-14-40(15-11-25)36(43)44/h7-9,12,16-19,25,31H,4-6,10-11,13-15,20-21H2,1-3H3,(H,38,42)(H,43,44)/b28-16-. The lowest BCUT2D eigenvalue weighted by molar-refractivity contribution is -0.120. The van der Waals surface area contributed by atoms with Crippen LogP contribution in [0.4, 0.5) is 9.18 Å². The van der Waals surface area contributed by atoms with Gasteiger partial charge >= 0.3 is 6.09 Å². The van der Waals surface area contributed by atoms with E-state index >= 15 is 0 Å². The van der Waals surface area contributed by atoms with Gasteiger partial charge in [0.05, 0.1) is 32.4 Å². The fourth-order valence-corrected chi connectivity index (χ4v) is 7.35. The quantitative estimate of drug-likeness (QED) is 0.283. The fraction of sp³-hybridized carbons (Fsp3) is 0.417. The Morgan fingerprint density at radius 2 is 1.79 bits per heavy atom. The molecular weight excluding hydrogens is 603 g/mol. The molecule has 47 heavy (non-hydrogen) atoms. The first kappa shape index (κ1) is 32.3. The number of carbonyl (C=O) groups excluding carboxylic acids is 1. The van der Waals surface area contributed by atoms with Crippen molar-refractivity contribution in [2.45, 2.75) is 57.5 Å². The summed E-state index contributed by atoms with van der Waals surface area (Å²) in [5.41, 5.74) is 6.24. The zero-order valence-electron chi connectivity index (χ0n) is 27.1. The first-order chi connectivity index (χ1) is 22.8. The number of ether oxygens (including phenoxy) is 2. The fourth-order valence-electron chi connectivity index (χ4n) is 7.35. The maximum absolute atomic E-state index is 14.5. The second-order valence-corrected chi connectivity index (χ2v) is 12.4. The second kappa shape index (κ2) is 14.0. The summed E-state index contributed by atoms with van der Waals surface area (Å²) in [6.07, 6.45) is 7.50. The first-order valence-corrected chi connectivity index (χ1v) is 16.1. The van der Waals surface area contributed by atoms with Crippen LogP contribution in [0.25, 0.3) is 17.2 Å². The third kappa shape index (κ3) is 6.76. The molecule has 0 bridgehead atoms. The summed E-state index contributed by atoms with van der Waals surface area (Å²) in [6, 6.07) is 10.8. The molecule has 2 aromatic carbocycles. The molecule has 1 aliphatic carbocycles. The van der Waals surface area contributed by atoms with Gasteiger partial charge in [-0.1, -0.05) is 17.6 Å². The molecule has 11 heteroatoms. The summed E-state index contributed by atoms with van der Waals surface area (Å²) in [7, 11) is 3.35. The number of hydrogen-bond acceptors (Lipinski definition) is 7. The van der Waals surface area contributed by atoms with Crippen molar-refractivity contribution in [3.05, 3.63) is 82.0 Å². The molecule has 1 aromatic heterocycles. The highest BCUT2D eigenvalue weighted by atomic mass is 19.1. The number of piperidine rings is 2. The summed E-state index contributed by atoms with van der Waals surface area (Å²) in [5.74, 6) is 1.37. The van der Waals surface area contributed by atoms with Crippen LogP contribution in [-0.4, -0.2) is 78.5 Å². The van der Waals surface area contributed by atoms with Gasteiger partial charge in [-0.25, -0.2) is 9.18 Å². The van der Waals surface area contributed by atoms with E-state index in [0.29, 0.717) is 18.8 Å². The molecule has 3 heterocycles. The Kier molecular flexibility index (Phi) is 9.63. The van der Waals surface area contributed by atoms with E-state index in [1.54, 1.807) is 26.4 Å². The first-order valence-electron chi connectivity index (χ1n) is 16.1. The smallest absolute Gasteiger partial charge is 0.407 e. The number of allylic oxidation sites excluding steroid dienone is 2. The molecular formula is C36H41FN4O6. The normalized spacial score (nSPS) is 19.6. The topological polar surface area (TPSA) is 117 Å². The number of halogens is 1. The largest absolute Gasteiger partial charge is 0.496 e. The van der Waals surface area contributed by atoms with Crippen LogP contribution in [0.3, 0.4) is 0 Å². The minimum absolute atomic E-state index is 0.0664. The highest BCUT2D eigenvalue weighted by Gasteiger charge is 2.36. The van der Waals surface area contributed by atoms with Gasteiger partial charge < -0.3 is 29.3 Å². The number of likely N-dealkylation sites (tertiary alicyclic amines) is 2. The Hall–Kier alpha value is -4.64. The summed E-state index contributed by atoms with van der Waals surface area (Å²) < 4.78 is 31.6. The number of nitrogens with zero attached hydrogens (tertiary/aromatic N) is 3. The SMILES string of the molecule is COc1cc(/C=C2/C(C)=C(CNC(=O)Cc3ccno3)c3cc(F)ccc32)cc(OC)c1C1CCCCN1C1CCN(C(=O)O)CC1. The molecule has 2 saturated heterocycles. The van der Waals surface area contributed by atoms with E-state index in [0.717, 1.165) is 89.1 Å². The molecule has 0 radical (unpaired) electrons. The minimum atomic E-state index is -0.855. The lowest BCUT2D eigenvalue weighted by Gasteiger charge is -2.45. The predicted molar refractivity (Wildman–Crippen MR) is 176 cm³/mol. The van der Waals surface area contributed by atoms with Crippen LogP contribution in [0.1, 0.15) is 73.1 Å². The van der Waals surface area contributed by atoms with Gasteiger partial charge in [0.15, 0.2) is 0 Å². The van der Waals surface area contributed by atoms with Crippen molar-refractivity contribution < 1.29 is 33.1 Å². The van der Waals surface area contributed by atoms with Crippen molar-refractivity contribution >= 4 is 29.2 Å². The van der Waals surface area contributed by atoms with Gasteiger partial charge in [0.25, 0.3) is 0 Å². The van der Waals surface area contributed by atoms with Crippen molar-refractivity contribution in [2.24, 2.45) is 0 Å². The van der Waals surface area contributed by atoms with Crippen LogP contribution in [-0.2, 0) is 11.2 Å². The zero-order chi connectivity index (χ0) is 33.1. The maximum atomic E-state index is 14.5. The maximum Gasteiger partial charge on any atom is 0.407 e. The van der Waals surface area contributed by atoms with Gasteiger partial charge in [-0.05, 0) is 103 Å². The van der Waals surface area contributed by atoms with Crippen molar-refractivity contribution in [3.63, 3.8) is 0 Å². The Morgan fingerprint density at radius 3 is 2.45 bits per heavy atom.